The van der Waals surface area contributed by atoms with Crippen LogP contribution in [-0.4, -0.2) is 30.5 Å². The van der Waals surface area contributed by atoms with E-state index in [4.69, 9.17) is 25.2 Å². The highest BCUT2D eigenvalue weighted by molar-refractivity contribution is 6.31. The average molecular weight is 374 g/mol. The second kappa shape index (κ2) is 6.88. The third kappa shape index (κ3) is 3.08. The van der Waals surface area contributed by atoms with Crippen molar-refractivity contribution in [1.29, 1.82) is 0 Å². The molecule has 4 rings (SSSR count). The van der Waals surface area contributed by atoms with Crippen LogP contribution in [0.1, 0.15) is 12.8 Å². The SMILES string of the molecule is O=C(COc1c(-c2ccco2)oc2ccc(Cl)cc2c1=O)N1CCCC1. The molecular weight excluding hydrogens is 358 g/mol. The summed E-state index contributed by atoms with van der Waals surface area (Å²) in [5.41, 5.74) is -0.0293. The molecule has 134 valence electrons. The fourth-order valence-corrected chi connectivity index (χ4v) is 3.22. The summed E-state index contributed by atoms with van der Waals surface area (Å²) in [6.07, 6.45) is 3.44. The van der Waals surface area contributed by atoms with E-state index in [1.54, 1.807) is 29.2 Å². The highest BCUT2D eigenvalue weighted by atomic mass is 35.5. The third-order valence-corrected chi connectivity index (χ3v) is 4.59. The minimum Gasteiger partial charge on any atom is -0.476 e. The van der Waals surface area contributed by atoms with E-state index >= 15 is 0 Å². The molecule has 0 saturated carbocycles. The molecule has 6 nitrogen and oxygen atoms in total. The van der Waals surface area contributed by atoms with Gasteiger partial charge in [0.25, 0.3) is 5.91 Å². The van der Waals surface area contributed by atoms with Gasteiger partial charge >= 0.3 is 0 Å². The summed E-state index contributed by atoms with van der Waals surface area (Å²) in [7, 11) is 0. The van der Waals surface area contributed by atoms with Crippen molar-refractivity contribution in [3.05, 3.63) is 51.8 Å². The second-order valence-electron chi connectivity index (χ2n) is 6.08. The highest BCUT2D eigenvalue weighted by Gasteiger charge is 2.23. The van der Waals surface area contributed by atoms with Crippen LogP contribution in [0.5, 0.6) is 5.75 Å². The molecule has 3 aromatic rings. The van der Waals surface area contributed by atoms with Gasteiger partial charge in [-0.05, 0) is 43.2 Å². The molecule has 1 aromatic carbocycles. The molecule has 0 bridgehead atoms. The first kappa shape index (κ1) is 16.7. The van der Waals surface area contributed by atoms with Gasteiger partial charge in [0.1, 0.15) is 5.58 Å². The number of hydrogen-bond acceptors (Lipinski definition) is 5. The topological polar surface area (TPSA) is 72.9 Å². The zero-order valence-electron chi connectivity index (χ0n) is 13.9. The normalized spacial score (nSPS) is 14.1. The molecule has 0 spiro atoms. The van der Waals surface area contributed by atoms with Crippen LogP contribution in [0.15, 0.2) is 50.2 Å². The third-order valence-electron chi connectivity index (χ3n) is 4.35. The Morgan fingerprint density at radius 3 is 2.77 bits per heavy atom. The summed E-state index contributed by atoms with van der Waals surface area (Å²) in [6, 6.07) is 8.11. The van der Waals surface area contributed by atoms with Crippen molar-refractivity contribution in [2.24, 2.45) is 0 Å². The molecule has 0 radical (unpaired) electrons. The largest absolute Gasteiger partial charge is 0.476 e. The maximum absolute atomic E-state index is 12.9. The van der Waals surface area contributed by atoms with E-state index in [-0.39, 0.29) is 29.4 Å². The van der Waals surface area contributed by atoms with Gasteiger partial charge in [-0.15, -0.1) is 0 Å². The molecule has 1 aliphatic heterocycles. The van der Waals surface area contributed by atoms with Crippen molar-refractivity contribution >= 4 is 28.5 Å². The van der Waals surface area contributed by atoms with Crippen LogP contribution in [-0.2, 0) is 4.79 Å². The lowest BCUT2D eigenvalue weighted by molar-refractivity contribution is -0.132. The first-order chi connectivity index (χ1) is 12.6. The number of likely N-dealkylation sites (tertiary alicyclic amines) is 1. The number of halogens is 1. The molecule has 7 heteroatoms. The van der Waals surface area contributed by atoms with E-state index in [2.05, 4.69) is 0 Å². The van der Waals surface area contributed by atoms with Gasteiger partial charge in [0.15, 0.2) is 12.4 Å². The predicted molar refractivity (Wildman–Crippen MR) is 96.5 cm³/mol. The maximum Gasteiger partial charge on any atom is 0.260 e. The maximum atomic E-state index is 12.9. The minimum atomic E-state index is -0.394. The number of benzene rings is 1. The van der Waals surface area contributed by atoms with Crippen molar-refractivity contribution in [3.63, 3.8) is 0 Å². The molecule has 0 unspecified atom stereocenters. The first-order valence-electron chi connectivity index (χ1n) is 8.34. The standard InChI is InChI=1S/C19H16ClNO5/c20-12-5-6-14-13(10-12)17(23)19(18(26-14)15-4-3-9-24-15)25-11-16(22)21-7-1-2-8-21/h3-6,9-10H,1-2,7-8,11H2. The Labute approximate surface area is 153 Å². The van der Waals surface area contributed by atoms with Crippen LogP contribution in [0.2, 0.25) is 5.02 Å². The van der Waals surface area contributed by atoms with Crippen molar-refractivity contribution in [1.82, 2.24) is 4.90 Å². The Kier molecular flexibility index (Phi) is 4.42. The number of ether oxygens (including phenoxy) is 1. The Balaban J connectivity index is 1.75. The molecule has 1 aliphatic rings. The van der Waals surface area contributed by atoms with E-state index in [9.17, 15) is 9.59 Å². The van der Waals surface area contributed by atoms with Gasteiger partial charge in [-0.2, -0.15) is 0 Å². The molecule has 1 saturated heterocycles. The summed E-state index contributed by atoms with van der Waals surface area (Å²) >= 11 is 6.00. The number of carbonyl (C=O) groups excluding carboxylic acids is 1. The average Bonchev–Trinajstić information content (AvgIpc) is 3.34. The summed E-state index contributed by atoms with van der Waals surface area (Å²) in [5.74, 6) is 0.298. The Morgan fingerprint density at radius 1 is 1.23 bits per heavy atom. The van der Waals surface area contributed by atoms with Crippen LogP contribution in [0.4, 0.5) is 0 Å². The molecular formula is C19H16ClNO5. The summed E-state index contributed by atoms with van der Waals surface area (Å²) in [5, 5.41) is 0.700. The van der Waals surface area contributed by atoms with Crippen LogP contribution < -0.4 is 10.2 Å². The van der Waals surface area contributed by atoms with Crippen molar-refractivity contribution in [3.8, 4) is 17.3 Å². The number of nitrogens with zero attached hydrogens (tertiary/aromatic N) is 1. The van der Waals surface area contributed by atoms with Gasteiger partial charge in [0.05, 0.1) is 11.6 Å². The molecule has 1 fully saturated rings. The minimum absolute atomic E-state index is 0.0535. The smallest absolute Gasteiger partial charge is 0.260 e. The van der Waals surface area contributed by atoms with E-state index in [0.717, 1.165) is 25.9 Å². The fourth-order valence-electron chi connectivity index (χ4n) is 3.04. The van der Waals surface area contributed by atoms with Gasteiger partial charge in [0.2, 0.25) is 16.9 Å². The lowest BCUT2D eigenvalue weighted by atomic mass is 10.2. The van der Waals surface area contributed by atoms with Gasteiger partial charge in [0, 0.05) is 18.1 Å². The molecule has 3 heterocycles. The summed E-state index contributed by atoms with van der Waals surface area (Å²) in [6.45, 7) is 1.20. The number of rotatable bonds is 4. The lowest BCUT2D eigenvalue weighted by Crippen LogP contribution is -2.32. The van der Waals surface area contributed by atoms with Crippen LogP contribution in [0.25, 0.3) is 22.5 Å². The Bertz CT molecular complexity index is 1000. The number of fused-ring (bicyclic) bond motifs is 1. The number of hydrogen-bond donors (Lipinski definition) is 0. The fraction of sp³-hybridized carbons (Fsp3) is 0.263. The lowest BCUT2D eigenvalue weighted by Gasteiger charge is -2.16. The molecule has 1 amide bonds. The zero-order chi connectivity index (χ0) is 18.1. The monoisotopic (exact) mass is 373 g/mol. The summed E-state index contributed by atoms with van der Waals surface area (Å²) < 4.78 is 16.8. The van der Waals surface area contributed by atoms with Crippen LogP contribution in [0, 0.1) is 0 Å². The molecule has 0 atom stereocenters. The van der Waals surface area contributed by atoms with E-state index in [1.165, 1.54) is 12.3 Å². The van der Waals surface area contributed by atoms with Crippen molar-refractivity contribution < 1.29 is 18.4 Å². The van der Waals surface area contributed by atoms with Crippen LogP contribution in [0.3, 0.4) is 0 Å². The van der Waals surface area contributed by atoms with Gasteiger partial charge in [-0.3, -0.25) is 9.59 Å². The highest BCUT2D eigenvalue weighted by Crippen LogP contribution is 2.32. The number of furan rings is 1. The molecule has 2 aromatic heterocycles. The van der Waals surface area contributed by atoms with Gasteiger partial charge in [-0.25, -0.2) is 0 Å². The number of carbonyl (C=O) groups is 1. The Morgan fingerprint density at radius 2 is 2.04 bits per heavy atom. The van der Waals surface area contributed by atoms with E-state index < -0.39 is 5.43 Å². The molecule has 0 aliphatic carbocycles. The summed E-state index contributed by atoms with van der Waals surface area (Å²) in [4.78, 5) is 26.9. The second-order valence-corrected chi connectivity index (χ2v) is 6.52. The number of amides is 1. The van der Waals surface area contributed by atoms with E-state index in [0.29, 0.717) is 16.4 Å². The molecule has 0 N–H and O–H groups in total. The first-order valence-corrected chi connectivity index (χ1v) is 8.72. The van der Waals surface area contributed by atoms with Gasteiger partial charge in [-0.1, -0.05) is 11.6 Å². The molecule has 26 heavy (non-hydrogen) atoms. The van der Waals surface area contributed by atoms with Crippen LogP contribution >= 0.6 is 11.6 Å². The van der Waals surface area contributed by atoms with Gasteiger partial charge < -0.3 is 18.5 Å². The van der Waals surface area contributed by atoms with E-state index in [1.807, 2.05) is 0 Å². The predicted octanol–water partition coefficient (Wildman–Crippen LogP) is 3.71. The Hall–Kier alpha value is -2.73. The quantitative estimate of drug-likeness (QED) is 0.697. The van der Waals surface area contributed by atoms with Crippen molar-refractivity contribution in [2.45, 2.75) is 12.8 Å². The zero-order valence-corrected chi connectivity index (χ0v) is 14.6. The van der Waals surface area contributed by atoms with Crippen molar-refractivity contribution in [2.75, 3.05) is 19.7 Å².